The van der Waals surface area contributed by atoms with Gasteiger partial charge in [0.05, 0.1) is 17.3 Å². The van der Waals surface area contributed by atoms with Gasteiger partial charge in [0, 0.05) is 17.8 Å². The van der Waals surface area contributed by atoms with Crippen molar-refractivity contribution in [1.82, 2.24) is 9.97 Å². The Labute approximate surface area is 228 Å². The van der Waals surface area contributed by atoms with Crippen molar-refractivity contribution in [1.29, 1.82) is 0 Å². The molecule has 1 atom stereocenters. The molecule has 1 unspecified atom stereocenters. The van der Waals surface area contributed by atoms with Crippen LogP contribution in [0.4, 0.5) is 21.8 Å². The third-order valence-corrected chi connectivity index (χ3v) is 7.26. The van der Waals surface area contributed by atoms with Crippen LogP contribution in [0.15, 0.2) is 72.8 Å². The molecule has 200 valence electrons. The van der Waals surface area contributed by atoms with Gasteiger partial charge in [0.2, 0.25) is 5.95 Å². The Morgan fingerprint density at radius 1 is 1.05 bits per heavy atom. The van der Waals surface area contributed by atoms with Crippen molar-refractivity contribution in [3.8, 4) is 0 Å². The van der Waals surface area contributed by atoms with Gasteiger partial charge in [-0.1, -0.05) is 49.7 Å². The van der Waals surface area contributed by atoms with Crippen LogP contribution in [0.2, 0.25) is 0 Å². The molecule has 6 nitrogen and oxygen atoms in total. The van der Waals surface area contributed by atoms with Crippen molar-refractivity contribution in [2.45, 2.75) is 52.7 Å². The van der Waals surface area contributed by atoms with Gasteiger partial charge in [-0.2, -0.15) is 4.98 Å². The number of rotatable bonds is 8. The summed E-state index contributed by atoms with van der Waals surface area (Å²) in [4.78, 5) is 24.7. The number of aromatic nitrogens is 2. The van der Waals surface area contributed by atoms with Gasteiger partial charge in [0.25, 0.3) is 0 Å². The standard InChI is InChI=1S/C32H33FN4O2/c1-4-7-23-10-12-25(13-11-23)31(38)39-20-29-21(2)30(36-32(35-29)34-27-16-14-26(33)15-17-27)37-19-18-24-8-5-6-9-28(24)22(37)3/h5-6,8-17,22H,4,7,18-20H2,1-3H3,(H,34,35,36). The van der Waals surface area contributed by atoms with Crippen LogP contribution in [0.25, 0.3) is 0 Å². The Morgan fingerprint density at radius 2 is 1.79 bits per heavy atom. The largest absolute Gasteiger partial charge is 0.456 e. The van der Waals surface area contributed by atoms with Gasteiger partial charge in [-0.15, -0.1) is 0 Å². The van der Waals surface area contributed by atoms with Crippen molar-refractivity contribution >= 4 is 23.4 Å². The molecule has 5 rings (SSSR count). The molecule has 2 heterocycles. The number of aryl methyl sites for hydroxylation is 1. The molecule has 0 aliphatic carbocycles. The number of nitrogens with zero attached hydrogens (tertiary/aromatic N) is 3. The number of carbonyl (C=O) groups excluding carboxylic acids is 1. The van der Waals surface area contributed by atoms with Crippen molar-refractivity contribution < 1.29 is 13.9 Å². The van der Waals surface area contributed by atoms with Gasteiger partial charge in [0.15, 0.2) is 0 Å². The highest BCUT2D eigenvalue weighted by Gasteiger charge is 2.27. The molecule has 1 aliphatic rings. The number of halogens is 1. The fourth-order valence-corrected chi connectivity index (χ4v) is 5.06. The van der Waals surface area contributed by atoms with Gasteiger partial charge in [-0.25, -0.2) is 14.2 Å². The first-order chi connectivity index (χ1) is 18.9. The molecule has 0 fully saturated rings. The topological polar surface area (TPSA) is 67.3 Å². The number of esters is 1. The minimum Gasteiger partial charge on any atom is -0.456 e. The average molecular weight is 525 g/mol. The average Bonchev–Trinajstić information content (AvgIpc) is 2.95. The number of carbonyl (C=O) groups is 1. The number of fused-ring (bicyclic) bond motifs is 1. The van der Waals surface area contributed by atoms with Crippen LogP contribution in [0.1, 0.15) is 64.6 Å². The number of nitrogens with one attached hydrogen (secondary N) is 1. The van der Waals surface area contributed by atoms with E-state index < -0.39 is 5.97 Å². The summed E-state index contributed by atoms with van der Waals surface area (Å²) in [6, 6.07) is 22.2. The van der Waals surface area contributed by atoms with E-state index in [1.807, 2.05) is 19.1 Å². The zero-order valence-electron chi connectivity index (χ0n) is 22.6. The second-order valence-corrected chi connectivity index (χ2v) is 9.92. The fraction of sp³-hybridized carbons (Fsp3) is 0.281. The van der Waals surface area contributed by atoms with E-state index in [4.69, 9.17) is 14.7 Å². The SMILES string of the molecule is CCCc1ccc(C(=O)OCc2nc(Nc3ccc(F)cc3)nc(N3CCc4ccccc4C3C)c2C)cc1. The summed E-state index contributed by atoms with van der Waals surface area (Å²) in [6.07, 6.45) is 2.93. The zero-order valence-corrected chi connectivity index (χ0v) is 22.6. The fourth-order valence-electron chi connectivity index (χ4n) is 5.06. The van der Waals surface area contributed by atoms with Gasteiger partial charge in [-0.05, 0) is 79.8 Å². The third-order valence-electron chi connectivity index (χ3n) is 7.26. The molecule has 0 spiro atoms. The lowest BCUT2D eigenvalue weighted by Crippen LogP contribution is -2.35. The van der Waals surface area contributed by atoms with Crippen LogP contribution in [-0.4, -0.2) is 22.5 Å². The highest BCUT2D eigenvalue weighted by Crippen LogP contribution is 2.35. The van der Waals surface area contributed by atoms with Crippen LogP contribution in [0, 0.1) is 12.7 Å². The van der Waals surface area contributed by atoms with Crippen molar-refractivity contribution in [2.24, 2.45) is 0 Å². The molecule has 1 aromatic heterocycles. The number of benzene rings is 3. The van der Waals surface area contributed by atoms with E-state index in [1.165, 1.54) is 28.8 Å². The number of anilines is 3. The number of ether oxygens (including phenoxy) is 1. The summed E-state index contributed by atoms with van der Waals surface area (Å²) in [6.45, 7) is 7.08. The van der Waals surface area contributed by atoms with E-state index in [2.05, 4.69) is 48.3 Å². The predicted octanol–water partition coefficient (Wildman–Crippen LogP) is 7.10. The van der Waals surface area contributed by atoms with Crippen molar-refractivity contribution in [2.75, 3.05) is 16.8 Å². The first kappa shape index (κ1) is 26.4. The number of hydrogen-bond acceptors (Lipinski definition) is 6. The maximum atomic E-state index is 13.5. The molecule has 0 saturated heterocycles. The normalized spacial score (nSPS) is 14.6. The van der Waals surface area contributed by atoms with E-state index >= 15 is 0 Å². The van der Waals surface area contributed by atoms with E-state index in [9.17, 15) is 9.18 Å². The second kappa shape index (κ2) is 11.6. The molecule has 7 heteroatoms. The Balaban J connectivity index is 1.44. The Morgan fingerprint density at radius 3 is 2.54 bits per heavy atom. The molecule has 4 aromatic rings. The van der Waals surface area contributed by atoms with Crippen LogP contribution in [0.3, 0.4) is 0 Å². The molecule has 1 N–H and O–H groups in total. The summed E-state index contributed by atoms with van der Waals surface area (Å²) >= 11 is 0. The lowest BCUT2D eigenvalue weighted by molar-refractivity contribution is 0.0467. The molecule has 0 saturated carbocycles. The maximum absolute atomic E-state index is 13.5. The molecule has 0 radical (unpaired) electrons. The molecular weight excluding hydrogens is 491 g/mol. The van der Waals surface area contributed by atoms with Gasteiger partial charge in [-0.3, -0.25) is 0 Å². The summed E-state index contributed by atoms with van der Waals surface area (Å²) < 4.78 is 19.2. The molecule has 0 amide bonds. The van der Waals surface area contributed by atoms with E-state index in [-0.39, 0.29) is 18.5 Å². The summed E-state index contributed by atoms with van der Waals surface area (Å²) in [7, 11) is 0. The molecule has 3 aromatic carbocycles. The Hall–Kier alpha value is -4.26. The molecule has 1 aliphatic heterocycles. The predicted molar refractivity (Wildman–Crippen MR) is 152 cm³/mol. The summed E-state index contributed by atoms with van der Waals surface area (Å²) in [5.41, 5.74) is 6.46. The summed E-state index contributed by atoms with van der Waals surface area (Å²) in [5, 5.41) is 3.19. The van der Waals surface area contributed by atoms with Crippen LogP contribution in [-0.2, 0) is 24.2 Å². The highest BCUT2D eigenvalue weighted by molar-refractivity contribution is 5.89. The molecular formula is C32H33FN4O2. The van der Waals surface area contributed by atoms with Crippen LogP contribution < -0.4 is 10.2 Å². The molecule has 0 bridgehead atoms. The van der Waals surface area contributed by atoms with Gasteiger partial charge in [0.1, 0.15) is 18.2 Å². The minimum atomic E-state index is -0.397. The van der Waals surface area contributed by atoms with Crippen molar-refractivity contribution in [3.63, 3.8) is 0 Å². The van der Waals surface area contributed by atoms with E-state index in [1.54, 1.807) is 24.3 Å². The van der Waals surface area contributed by atoms with Gasteiger partial charge >= 0.3 is 5.97 Å². The van der Waals surface area contributed by atoms with E-state index in [0.29, 0.717) is 22.9 Å². The minimum absolute atomic E-state index is 0.00774. The highest BCUT2D eigenvalue weighted by atomic mass is 19.1. The lowest BCUT2D eigenvalue weighted by Gasteiger charge is -2.37. The first-order valence-corrected chi connectivity index (χ1v) is 13.4. The quantitative estimate of drug-likeness (QED) is 0.248. The monoisotopic (exact) mass is 524 g/mol. The van der Waals surface area contributed by atoms with Crippen LogP contribution >= 0.6 is 0 Å². The Bertz CT molecular complexity index is 1450. The number of hydrogen-bond donors (Lipinski definition) is 1. The van der Waals surface area contributed by atoms with Crippen molar-refractivity contribution in [3.05, 3.63) is 112 Å². The third kappa shape index (κ3) is 5.93. The zero-order chi connectivity index (χ0) is 27.4. The summed E-state index contributed by atoms with van der Waals surface area (Å²) in [5.74, 6) is 0.433. The van der Waals surface area contributed by atoms with Crippen LogP contribution in [0.5, 0.6) is 0 Å². The molecule has 39 heavy (non-hydrogen) atoms. The van der Waals surface area contributed by atoms with E-state index in [0.717, 1.165) is 37.2 Å². The lowest BCUT2D eigenvalue weighted by atomic mass is 9.93. The maximum Gasteiger partial charge on any atom is 0.338 e. The second-order valence-electron chi connectivity index (χ2n) is 9.92. The smallest absolute Gasteiger partial charge is 0.338 e. The first-order valence-electron chi connectivity index (χ1n) is 13.4. The Kier molecular flexibility index (Phi) is 7.87. The van der Waals surface area contributed by atoms with Gasteiger partial charge < -0.3 is 15.0 Å².